The largest absolute Gasteiger partial charge is 0.380 e. The van der Waals surface area contributed by atoms with Crippen LogP contribution in [0.4, 0.5) is 0 Å². The van der Waals surface area contributed by atoms with Crippen LogP contribution in [0.5, 0.6) is 0 Å². The minimum Gasteiger partial charge on any atom is -0.380 e. The first kappa shape index (κ1) is 13.1. The predicted octanol–water partition coefficient (Wildman–Crippen LogP) is 0.150. The molecule has 1 rings (SSSR count). The summed E-state index contributed by atoms with van der Waals surface area (Å²) in [5.41, 5.74) is -0.654. The minimum atomic E-state index is -0.654. The van der Waals surface area contributed by atoms with E-state index in [1.54, 1.807) is 13.8 Å². The molecule has 2 amide bonds. The van der Waals surface area contributed by atoms with Gasteiger partial charge in [-0.1, -0.05) is 6.92 Å². The molecule has 5 nitrogen and oxygen atoms in total. The van der Waals surface area contributed by atoms with Gasteiger partial charge in [0, 0.05) is 6.61 Å². The van der Waals surface area contributed by atoms with E-state index in [2.05, 4.69) is 5.32 Å². The Morgan fingerprint density at radius 2 is 2.06 bits per heavy atom. The Hall–Kier alpha value is -0.940. The third-order valence-electron chi connectivity index (χ3n) is 2.57. The SMILES string of the molecule is CCCOCCN1C(=O)CNC(C)(C)C1=O. The van der Waals surface area contributed by atoms with Crippen LogP contribution in [0.15, 0.2) is 0 Å². The van der Waals surface area contributed by atoms with E-state index in [0.717, 1.165) is 6.42 Å². The average Bonchev–Trinajstić information content (AvgIpc) is 2.24. The number of nitrogens with zero attached hydrogens (tertiary/aromatic N) is 1. The quantitative estimate of drug-likeness (QED) is 0.537. The van der Waals surface area contributed by atoms with Crippen LogP contribution in [-0.2, 0) is 14.3 Å². The lowest BCUT2D eigenvalue weighted by molar-refractivity contribution is -0.153. The average molecular weight is 228 g/mol. The van der Waals surface area contributed by atoms with Crippen molar-refractivity contribution in [3.63, 3.8) is 0 Å². The van der Waals surface area contributed by atoms with Crippen molar-refractivity contribution < 1.29 is 14.3 Å². The third-order valence-corrected chi connectivity index (χ3v) is 2.57. The smallest absolute Gasteiger partial charge is 0.249 e. The summed E-state index contributed by atoms with van der Waals surface area (Å²) >= 11 is 0. The van der Waals surface area contributed by atoms with Crippen molar-refractivity contribution >= 4 is 11.8 Å². The standard InChI is InChI=1S/C11H20N2O3/c1-4-6-16-7-5-13-9(14)8-12-11(2,3)10(13)15/h12H,4-8H2,1-3H3. The van der Waals surface area contributed by atoms with Crippen LogP contribution < -0.4 is 5.32 Å². The summed E-state index contributed by atoms with van der Waals surface area (Å²) in [5, 5.41) is 2.91. The van der Waals surface area contributed by atoms with Crippen LogP contribution in [-0.4, -0.2) is 48.6 Å². The van der Waals surface area contributed by atoms with Crippen LogP contribution in [0.1, 0.15) is 27.2 Å². The topological polar surface area (TPSA) is 58.6 Å². The van der Waals surface area contributed by atoms with E-state index >= 15 is 0 Å². The lowest BCUT2D eigenvalue weighted by Gasteiger charge is -2.36. The molecule has 0 aromatic carbocycles. The number of hydrogen-bond acceptors (Lipinski definition) is 4. The van der Waals surface area contributed by atoms with Crippen molar-refractivity contribution in [1.29, 1.82) is 0 Å². The molecular weight excluding hydrogens is 208 g/mol. The Labute approximate surface area is 96.1 Å². The van der Waals surface area contributed by atoms with Crippen molar-refractivity contribution in [2.45, 2.75) is 32.7 Å². The van der Waals surface area contributed by atoms with Gasteiger partial charge in [-0.2, -0.15) is 0 Å². The molecule has 92 valence electrons. The highest BCUT2D eigenvalue weighted by molar-refractivity contribution is 6.03. The molecule has 0 radical (unpaired) electrons. The van der Waals surface area contributed by atoms with Gasteiger partial charge in [0.05, 0.1) is 25.2 Å². The minimum absolute atomic E-state index is 0.176. The number of piperazine rings is 1. The summed E-state index contributed by atoms with van der Waals surface area (Å²) in [5.74, 6) is -0.353. The van der Waals surface area contributed by atoms with Gasteiger partial charge in [-0.3, -0.25) is 19.8 Å². The molecule has 1 aliphatic rings. The van der Waals surface area contributed by atoms with Crippen LogP contribution in [0, 0.1) is 0 Å². The molecule has 1 aliphatic heterocycles. The second-order valence-electron chi connectivity index (χ2n) is 4.44. The first-order valence-electron chi connectivity index (χ1n) is 5.66. The van der Waals surface area contributed by atoms with Crippen LogP contribution >= 0.6 is 0 Å². The summed E-state index contributed by atoms with van der Waals surface area (Å²) in [6, 6.07) is 0. The fourth-order valence-corrected chi connectivity index (χ4v) is 1.55. The number of rotatable bonds is 5. The number of imide groups is 1. The highest BCUT2D eigenvalue weighted by atomic mass is 16.5. The third kappa shape index (κ3) is 3.02. The molecule has 0 aliphatic carbocycles. The van der Waals surface area contributed by atoms with Crippen LogP contribution in [0.2, 0.25) is 0 Å². The van der Waals surface area contributed by atoms with E-state index in [9.17, 15) is 9.59 Å². The number of ether oxygens (including phenoxy) is 1. The predicted molar refractivity (Wildman–Crippen MR) is 59.9 cm³/mol. The highest BCUT2D eigenvalue weighted by Crippen LogP contribution is 2.12. The molecule has 0 bridgehead atoms. The fraction of sp³-hybridized carbons (Fsp3) is 0.818. The van der Waals surface area contributed by atoms with E-state index in [-0.39, 0.29) is 18.4 Å². The van der Waals surface area contributed by atoms with Crippen molar-refractivity contribution in [2.75, 3.05) is 26.3 Å². The van der Waals surface area contributed by atoms with E-state index in [4.69, 9.17) is 4.74 Å². The lowest BCUT2D eigenvalue weighted by atomic mass is 10.0. The Balaban J connectivity index is 2.49. The van der Waals surface area contributed by atoms with Gasteiger partial charge in [0.15, 0.2) is 0 Å². The normalized spacial score (nSPS) is 20.3. The van der Waals surface area contributed by atoms with Gasteiger partial charge < -0.3 is 4.74 Å². The van der Waals surface area contributed by atoms with Crippen LogP contribution in [0.3, 0.4) is 0 Å². The second kappa shape index (κ2) is 5.41. The first-order chi connectivity index (χ1) is 7.49. The maximum absolute atomic E-state index is 11.9. The highest BCUT2D eigenvalue weighted by Gasteiger charge is 2.39. The van der Waals surface area contributed by atoms with Crippen molar-refractivity contribution in [1.82, 2.24) is 10.2 Å². The number of hydrogen-bond donors (Lipinski definition) is 1. The van der Waals surface area contributed by atoms with Crippen molar-refractivity contribution in [3.05, 3.63) is 0 Å². The molecular formula is C11H20N2O3. The molecule has 0 spiro atoms. The molecule has 0 aromatic heterocycles. The number of carbonyl (C=O) groups is 2. The lowest BCUT2D eigenvalue weighted by Crippen LogP contribution is -2.64. The summed E-state index contributed by atoms with van der Waals surface area (Å²) in [7, 11) is 0. The molecule has 0 atom stereocenters. The van der Waals surface area contributed by atoms with Gasteiger partial charge in [0.25, 0.3) is 0 Å². The molecule has 0 aromatic rings. The van der Waals surface area contributed by atoms with E-state index < -0.39 is 5.54 Å². The molecule has 0 saturated carbocycles. The maximum atomic E-state index is 11.9. The van der Waals surface area contributed by atoms with Gasteiger partial charge in [-0.15, -0.1) is 0 Å². The second-order valence-corrected chi connectivity index (χ2v) is 4.44. The molecule has 1 fully saturated rings. The molecule has 5 heteroatoms. The Morgan fingerprint density at radius 1 is 1.38 bits per heavy atom. The number of carbonyl (C=O) groups excluding carboxylic acids is 2. The van der Waals surface area contributed by atoms with Gasteiger partial charge >= 0.3 is 0 Å². The summed E-state index contributed by atoms with van der Waals surface area (Å²) in [6.07, 6.45) is 0.939. The number of nitrogens with one attached hydrogen (secondary N) is 1. The zero-order chi connectivity index (χ0) is 12.2. The zero-order valence-electron chi connectivity index (χ0n) is 10.2. The Morgan fingerprint density at radius 3 is 2.69 bits per heavy atom. The number of amides is 2. The van der Waals surface area contributed by atoms with Gasteiger partial charge in [-0.25, -0.2) is 0 Å². The molecule has 0 unspecified atom stereocenters. The van der Waals surface area contributed by atoms with Gasteiger partial charge in [-0.05, 0) is 20.3 Å². The summed E-state index contributed by atoms with van der Waals surface area (Å²) in [6.45, 7) is 7.22. The molecule has 1 heterocycles. The Kier molecular flexibility index (Phi) is 4.44. The molecule has 1 saturated heterocycles. The summed E-state index contributed by atoms with van der Waals surface area (Å²) in [4.78, 5) is 24.7. The van der Waals surface area contributed by atoms with Crippen molar-refractivity contribution in [2.24, 2.45) is 0 Å². The van der Waals surface area contributed by atoms with Crippen molar-refractivity contribution in [3.8, 4) is 0 Å². The fourth-order valence-electron chi connectivity index (χ4n) is 1.55. The zero-order valence-corrected chi connectivity index (χ0v) is 10.2. The molecule has 1 N–H and O–H groups in total. The first-order valence-corrected chi connectivity index (χ1v) is 5.66. The van der Waals surface area contributed by atoms with E-state index in [1.165, 1.54) is 4.90 Å². The van der Waals surface area contributed by atoms with Gasteiger partial charge in [0.1, 0.15) is 0 Å². The monoisotopic (exact) mass is 228 g/mol. The van der Waals surface area contributed by atoms with E-state index in [0.29, 0.717) is 19.8 Å². The molecule has 16 heavy (non-hydrogen) atoms. The Bertz CT molecular complexity index is 276. The summed E-state index contributed by atoms with van der Waals surface area (Å²) < 4.78 is 5.28. The maximum Gasteiger partial charge on any atom is 0.249 e. The van der Waals surface area contributed by atoms with E-state index in [1.807, 2.05) is 6.92 Å². The van der Waals surface area contributed by atoms with Crippen LogP contribution in [0.25, 0.3) is 0 Å². The van der Waals surface area contributed by atoms with Gasteiger partial charge in [0.2, 0.25) is 11.8 Å².